The van der Waals surface area contributed by atoms with E-state index in [2.05, 4.69) is 13.5 Å². The van der Waals surface area contributed by atoms with Gasteiger partial charge < -0.3 is 9.47 Å². The molecule has 0 amide bonds. The largest absolute Gasteiger partial charge is 0.456 e. The van der Waals surface area contributed by atoms with Crippen LogP contribution in [0.2, 0.25) is 0 Å². The molecule has 0 fully saturated rings. The molecule has 3 nitrogen and oxygen atoms in total. The van der Waals surface area contributed by atoms with Crippen molar-refractivity contribution in [2.75, 3.05) is 13.7 Å². The zero-order chi connectivity index (χ0) is 14.8. The molecule has 110 valence electrons. The summed E-state index contributed by atoms with van der Waals surface area (Å²) in [5.41, 5.74) is 0.577. The van der Waals surface area contributed by atoms with Gasteiger partial charge >= 0.3 is 5.97 Å². The number of esters is 1. The minimum atomic E-state index is -0.288. The van der Waals surface area contributed by atoms with E-state index in [4.69, 9.17) is 9.47 Å². The molecule has 0 aromatic heterocycles. The van der Waals surface area contributed by atoms with Gasteiger partial charge in [0.05, 0.1) is 12.2 Å². The van der Waals surface area contributed by atoms with Crippen LogP contribution in [0, 0.1) is 5.92 Å². The molecule has 0 radical (unpaired) electrons. The maximum Gasteiger partial charge on any atom is 0.338 e. The van der Waals surface area contributed by atoms with Crippen LogP contribution >= 0.6 is 0 Å². The number of ether oxygens (including phenoxy) is 2. The number of methoxy groups -OCH3 is 1. The van der Waals surface area contributed by atoms with Gasteiger partial charge in [0.1, 0.15) is 6.10 Å². The van der Waals surface area contributed by atoms with Crippen molar-refractivity contribution in [2.45, 2.75) is 32.3 Å². The van der Waals surface area contributed by atoms with E-state index in [0.29, 0.717) is 18.1 Å². The van der Waals surface area contributed by atoms with Crippen LogP contribution in [0.25, 0.3) is 0 Å². The summed E-state index contributed by atoms with van der Waals surface area (Å²) in [6, 6.07) is 9.04. The van der Waals surface area contributed by atoms with Crippen molar-refractivity contribution in [3.63, 3.8) is 0 Å². The van der Waals surface area contributed by atoms with E-state index in [1.54, 1.807) is 19.2 Å². The van der Waals surface area contributed by atoms with Gasteiger partial charge in [-0.05, 0) is 37.3 Å². The number of carbonyl (C=O) groups is 1. The molecule has 2 atom stereocenters. The Labute approximate surface area is 121 Å². The molecule has 0 heterocycles. The van der Waals surface area contributed by atoms with Crippen LogP contribution in [0.1, 0.15) is 36.5 Å². The van der Waals surface area contributed by atoms with Gasteiger partial charge in [0.25, 0.3) is 0 Å². The highest BCUT2D eigenvalue weighted by Crippen LogP contribution is 2.15. The zero-order valence-electron chi connectivity index (χ0n) is 12.4. The average Bonchev–Trinajstić information content (AvgIpc) is 2.46. The third-order valence-electron chi connectivity index (χ3n) is 3.19. The van der Waals surface area contributed by atoms with Crippen LogP contribution in [0.4, 0.5) is 0 Å². The number of hydrogen-bond acceptors (Lipinski definition) is 3. The fourth-order valence-electron chi connectivity index (χ4n) is 2.03. The number of allylic oxidation sites excluding steroid dienone is 1. The van der Waals surface area contributed by atoms with Gasteiger partial charge in [-0.25, -0.2) is 4.79 Å². The van der Waals surface area contributed by atoms with Crippen LogP contribution < -0.4 is 0 Å². The van der Waals surface area contributed by atoms with E-state index in [-0.39, 0.29) is 12.1 Å². The first kappa shape index (κ1) is 16.4. The number of carbonyl (C=O) groups excluding carboxylic acids is 1. The fraction of sp³-hybridized carbons (Fsp3) is 0.471. The second-order valence-electron chi connectivity index (χ2n) is 5.06. The summed E-state index contributed by atoms with van der Waals surface area (Å²) in [5.74, 6) is 0.256. The van der Waals surface area contributed by atoms with Gasteiger partial charge in [-0.2, -0.15) is 0 Å². The lowest BCUT2D eigenvalue weighted by atomic mass is 10.00. The molecule has 0 aliphatic carbocycles. The van der Waals surface area contributed by atoms with Gasteiger partial charge in [-0.3, -0.25) is 0 Å². The van der Waals surface area contributed by atoms with Crippen molar-refractivity contribution in [2.24, 2.45) is 5.92 Å². The summed E-state index contributed by atoms with van der Waals surface area (Å²) in [7, 11) is 1.62. The standard InChI is InChI=1S/C17H24O3/c1-4-8-14(2)11-12-16(13-19-3)20-17(18)15-9-6-5-7-10-15/h4-7,9-10,14,16H,1,8,11-13H2,2-3H3. The minimum absolute atomic E-state index is 0.194. The average molecular weight is 276 g/mol. The van der Waals surface area contributed by atoms with Gasteiger partial charge in [0.2, 0.25) is 0 Å². The maximum absolute atomic E-state index is 12.0. The van der Waals surface area contributed by atoms with Crippen molar-refractivity contribution in [1.29, 1.82) is 0 Å². The molecule has 3 heteroatoms. The summed E-state index contributed by atoms with van der Waals surface area (Å²) < 4.78 is 10.7. The van der Waals surface area contributed by atoms with Crippen LogP contribution in [0.5, 0.6) is 0 Å². The fourth-order valence-corrected chi connectivity index (χ4v) is 2.03. The highest BCUT2D eigenvalue weighted by molar-refractivity contribution is 5.89. The molecule has 20 heavy (non-hydrogen) atoms. The van der Waals surface area contributed by atoms with E-state index < -0.39 is 0 Å². The maximum atomic E-state index is 12.0. The molecule has 1 aromatic carbocycles. The van der Waals surface area contributed by atoms with E-state index in [0.717, 1.165) is 19.3 Å². The van der Waals surface area contributed by atoms with Gasteiger partial charge in [0, 0.05) is 7.11 Å². The van der Waals surface area contributed by atoms with Crippen molar-refractivity contribution < 1.29 is 14.3 Å². The van der Waals surface area contributed by atoms with Crippen molar-refractivity contribution in [3.05, 3.63) is 48.6 Å². The Morgan fingerprint density at radius 1 is 1.30 bits per heavy atom. The van der Waals surface area contributed by atoms with E-state index in [1.807, 2.05) is 24.3 Å². The predicted octanol–water partition coefficient (Wildman–Crippen LogP) is 3.85. The molecular formula is C17H24O3. The number of benzene rings is 1. The normalized spacial score (nSPS) is 13.5. The van der Waals surface area contributed by atoms with Crippen LogP contribution in [0.3, 0.4) is 0 Å². The first-order valence-corrected chi connectivity index (χ1v) is 7.03. The van der Waals surface area contributed by atoms with Crippen LogP contribution in [-0.2, 0) is 9.47 Å². The smallest absolute Gasteiger partial charge is 0.338 e. The Balaban J connectivity index is 2.49. The zero-order valence-corrected chi connectivity index (χ0v) is 12.4. The summed E-state index contributed by atoms with van der Waals surface area (Å²) in [5, 5.41) is 0. The summed E-state index contributed by atoms with van der Waals surface area (Å²) in [6.07, 6.45) is 4.50. The third-order valence-corrected chi connectivity index (χ3v) is 3.19. The highest BCUT2D eigenvalue weighted by Gasteiger charge is 2.16. The monoisotopic (exact) mass is 276 g/mol. The molecule has 2 unspecified atom stereocenters. The topological polar surface area (TPSA) is 35.5 Å². The van der Waals surface area contributed by atoms with Crippen LogP contribution in [-0.4, -0.2) is 25.8 Å². The summed E-state index contributed by atoms with van der Waals surface area (Å²) in [4.78, 5) is 12.0. The predicted molar refractivity (Wildman–Crippen MR) is 80.7 cm³/mol. The molecule has 0 saturated heterocycles. The Morgan fingerprint density at radius 2 is 2.00 bits per heavy atom. The molecule has 0 bridgehead atoms. The molecule has 0 saturated carbocycles. The molecule has 1 rings (SSSR count). The lowest BCUT2D eigenvalue weighted by molar-refractivity contribution is 0.00141. The van der Waals surface area contributed by atoms with Gasteiger partial charge in [-0.15, -0.1) is 6.58 Å². The highest BCUT2D eigenvalue weighted by atomic mass is 16.6. The second kappa shape index (κ2) is 9.32. The van der Waals surface area contributed by atoms with Gasteiger partial charge in [-0.1, -0.05) is 31.2 Å². The molecule has 1 aromatic rings. The van der Waals surface area contributed by atoms with Crippen molar-refractivity contribution in [1.82, 2.24) is 0 Å². The Kier molecular flexibility index (Phi) is 7.66. The molecule has 0 aliphatic heterocycles. The molecule has 0 aliphatic rings. The SMILES string of the molecule is C=CCC(C)CCC(COC)OC(=O)c1ccccc1. The Morgan fingerprint density at radius 3 is 2.60 bits per heavy atom. The number of hydrogen-bond donors (Lipinski definition) is 0. The first-order chi connectivity index (χ1) is 9.67. The number of rotatable bonds is 9. The quantitative estimate of drug-likeness (QED) is 0.507. The van der Waals surface area contributed by atoms with Crippen LogP contribution in [0.15, 0.2) is 43.0 Å². The van der Waals surface area contributed by atoms with E-state index >= 15 is 0 Å². The van der Waals surface area contributed by atoms with Crippen molar-refractivity contribution >= 4 is 5.97 Å². The molecular weight excluding hydrogens is 252 g/mol. The van der Waals surface area contributed by atoms with Crippen molar-refractivity contribution in [3.8, 4) is 0 Å². The van der Waals surface area contributed by atoms with Gasteiger partial charge in [0.15, 0.2) is 0 Å². The molecule has 0 spiro atoms. The molecule has 0 N–H and O–H groups in total. The first-order valence-electron chi connectivity index (χ1n) is 7.03. The Hall–Kier alpha value is -1.61. The third kappa shape index (κ3) is 6.02. The summed E-state index contributed by atoms with van der Waals surface area (Å²) in [6.45, 7) is 6.34. The second-order valence-corrected chi connectivity index (χ2v) is 5.06. The lowest BCUT2D eigenvalue weighted by Gasteiger charge is -2.19. The van der Waals surface area contributed by atoms with E-state index in [1.165, 1.54) is 0 Å². The summed E-state index contributed by atoms with van der Waals surface area (Å²) >= 11 is 0. The Bertz CT molecular complexity index is 400. The lowest BCUT2D eigenvalue weighted by Crippen LogP contribution is -2.23. The minimum Gasteiger partial charge on any atom is -0.456 e. The van der Waals surface area contributed by atoms with E-state index in [9.17, 15) is 4.79 Å².